The largest absolute Gasteiger partial charge is 0.384 e. The molecule has 1 saturated heterocycles. The summed E-state index contributed by atoms with van der Waals surface area (Å²) in [4.78, 5) is 0. The summed E-state index contributed by atoms with van der Waals surface area (Å²) >= 11 is 0. The van der Waals surface area contributed by atoms with E-state index < -0.39 is 0 Å². The Morgan fingerprint density at radius 2 is 1.91 bits per heavy atom. The molecule has 1 rings (SSSR count). The van der Waals surface area contributed by atoms with Crippen molar-refractivity contribution in [3.05, 3.63) is 0 Å². The molecule has 0 aromatic heterocycles. The zero-order valence-corrected chi connectivity index (χ0v) is 8.13. The number of ether oxygens (including phenoxy) is 1. The first kappa shape index (κ1) is 9.12. The first-order valence-corrected chi connectivity index (χ1v) is 4.76. The first-order valence-electron chi connectivity index (χ1n) is 4.76. The average Bonchev–Trinajstić information content (AvgIpc) is 2.34. The van der Waals surface area contributed by atoms with Crippen LogP contribution >= 0.6 is 0 Å². The van der Waals surface area contributed by atoms with Crippen LogP contribution in [0.15, 0.2) is 0 Å². The van der Waals surface area contributed by atoms with Crippen molar-refractivity contribution in [3.63, 3.8) is 0 Å². The van der Waals surface area contributed by atoms with Crippen LogP contribution < -0.4 is 0 Å². The Hall–Kier alpha value is 0.0249. The van der Waals surface area contributed by atoms with Gasteiger partial charge >= 0.3 is 0 Å². The van der Waals surface area contributed by atoms with E-state index in [0.29, 0.717) is 12.1 Å². The summed E-state index contributed by atoms with van der Waals surface area (Å²) in [5.41, 5.74) is 0. The molecule has 0 aromatic carbocycles. The molecule has 0 bridgehead atoms. The van der Waals surface area contributed by atoms with E-state index in [0.717, 1.165) is 11.8 Å². The van der Waals surface area contributed by atoms with Gasteiger partial charge in [-0.2, -0.15) is 0 Å². The second-order valence-corrected chi connectivity index (χ2v) is 4.17. The van der Waals surface area contributed by atoms with Crippen molar-refractivity contribution in [2.45, 2.75) is 45.7 Å². The van der Waals surface area contributed by atoms with Crippen LogP contribution in [-0.4, -0.2) is 20.0 Å². The van der Waals surface area contributed by atoms with E-state index in [4.69, 9.17) is 4.74 Å². The molecule has 1 aliphatic heterocycles. The minimum atomic E-state index is 0.501. The third kappa shape index (κ3) is 2.23. The molecular formula is C9H19BO. The summed E-state index contributed by atoms with van der Waals surface area (Å²) in [5.74, 6) is 1.48. The predicted molar refractivity (Wildman–Crippen MR) is 50.4 cm³/mol. The highest BCUT2D eigenvalue weighted by atomic mass is 16.5. The van der Waals surface area contributed by atoms with Gasteiger partial charge in [0.25, 0.3) is 0 Å². The highest BCUT2D eigenvalue weighted by molar-refractivity contribution is 6.11. The summed E-state index contributed by atoms with van der Waals surface area (Å²) < 4.78 is 5.78. The van der Waals surface area contributed by atoms with E-state index >= 15 is 0 Å². The predicted octanol–water partition coefficient (Wildman–Crippen LogP) is 1.42. The molecule has 0 N–H and O–H groups in total. The van der Waals surface area contributed by atoms with Crippen LogP contribution in [0.5, 0.6) is 0 Å². The van der Waals surface area contributed by atoms with Gasteiger partial charge < -0.3 is 4.74 Å². The topological polar surface area (TPSA) is 9.23 Å². The maximum atomic E-state index is 5.78. The quantitative estimate of drug-likeness (QED) is 0.546. The fraction of sp³-hybridized carbons (Fsp3) is 1.00. The van der Waals surface area contributed by atoms with Crippen molar-refractivity contribution in [2.24, 2.45) is 11.8 Å². The van der Waals surface area contributed by atoms with Gasteiger partial charge in [-0.15, -0.1) is 0 Å². The molecule has 0 aliphatic carbocycles. The normalized spacial score (nSPS) is 34.5. The van der Waals surface area contributed by atoms with Crippen LogP contribution in [0.1, 0.15) is 33.6 Å². The number of rotatable bonds is 2. The van der Waals surface area contributed by atoms with Crippen molar-refractivity contribution in [1.82, 2.24) is 0 Å². The summed E-state index contributed by atoms with van der Waals surface area (Å²) in [7, 11) is 2.17. The molecule has 11 heavy (non-hydrogen) atoms. The van der Waals surface area contributed by atoms with E-state index in [1.807, 2.05) is 0 Å². The molecular weight excluding hydrogens is 135 g/mol. The SMILES string of the molecule is B[C@H]1CCC(C(C)C(C)C)O1. The van der Waals surface area contributed by atoms with Crippen molar-refractivity contribution in [1.29, 1.82) is 0 Å². The smallest absolute Gasteiger partial charge is 0.139 e. The maximum absolute atomic E-state index is 5.78. The lowest BCUT2D eigenvalue weighted by Gasteiger charge is -2.22. The molecule has 64 valence electrons. The second-order valence-electron chi connectivity index (χ2n) is 4.17. The van der Waals surface area contributed by atoms with Gasteiger partial charge in [0.1, 0.15) is 7.85 Å². The molecule has 0 amide bonds. The minimum Gasteiger partial charge on any atom is -0.384 e. The monoisotopic (exact) mass is 154 g/mol. The Morgan fingerprint density at radius 1 is 1.27 bits per heavy atom. The molecule has 0 spiro atoms. The lowest BCUT2D eigenvalue weighted by atomic mass is 9.90. The zero-order valence-electron chi connectivity index (χ0n) is 8.13. The van der Waals surface area contributed by atoms with Gasteiger partial charge in [-0.05, 0) is 24.7 Å². The molecule has 1 nitrogen and oxygen atoms in total. The Balaban J connectivity index is 2.36. The summed E-state index contributed by atoms with van der Waals surface area (Å²) in [6, 6.07) is 0.501. The standard InChI is InChI=1S/C9H19BO/c1-6(2)7(3)8-4-5-9(10)11-8/h6-9H,4-5,10H2,1-3H3/t7?,8?,9-/m1/s1. The summed E-state index contributed by atoms with van der Waals surface area (Å²) in [5, 5.41) is 0. The van der Waals surface area contributed by atoms with E-state index in [9.17, 15) is 0 Å². The molecule has 1 heterocycles. The van der Waals surface area contributed by atoms with Crippen LogP contribution in [0.4, 0.5) is 0 Å². The molecule has 2 heteroatoms. The van der Waals surface area contributed by atoms with E-state index in [1.54, 1.807) is 0 Å². The van der Waals surface area contributed by atoms with E-state index in [-0.39, 0.29) is 0 Å². The van der Waals surface area contributed by atoms with Gasteiger partial charge in [-0.25, -0.2) is 0 Å². The Bertz CT molecular complexity index is 125. The van der Waals surface area contributed by atoms with Crippen LogP contribution in [0.2, 0.25) is 0 Å². The molecule has 1 aliphatic rings. The Kier molecular flexibility index (Phi) is 3.00. The molecule has 3 atom stereocenters. The minimum absolute atomic E-state index is 0.501. The Labute approximate surface area is 70.9 Å². The molecule has 0 saturated carbocycles. The fourth-order valence-electron chi connectivity index (χ4n) is 1.65. The van der Waals surface area contributed by atoms with E-state index in [1.165, 1.54) is 12.8 Å². The molecule has 1 fully saturated rings. The Morgan fingerprint density at radius 3 is 2.27 bits per heavy atom. The van der Waals surface area contributed by atoms with Crippen LogP contribution in [-0.2, 0) is 4.74 Å². The average molecular weight is 154 g/mol. The molecule has 2 unspecified atom stereocenters. The van der Waals surface area contributed by atoms with Crippen molar-refractivity contribution >= 4 is 7.85 Å². The van der Waals surface area contributed by atoms with Gasteiger partial charge in [0.2, 0.25) is 0 Å². The van der Waals surface area contributed by atoms with Gasteiger partial charge in [0.15, 0.2) is 0 Å². The lowest BCUT2D eigenvalue weighted by Crippen LogP contribution is -2.23. The zero-order chi connectivity index (χ0) is 8.43. The number of hydrogen-bond acceptors (Lipinski definition) is 1. The van der Waals surface area contributed by atoms with Gasteiger partial charge in [0, 0.05) is 6.00 Å². The van der Waals surface area contributed by atoms with Gasteiger partial charge in [0.05, 0.1) is 6.10 Å². The maximum Gasteiger partial charge on any atom is 0.139 e. The van der Waals surface area contributed by atoms with E-state index in [2.05, 4.69) is 28.6 Å². The van der Waals surface area contributed by atoms with Crippen molar-refractivity contribution in [2.75, 3.05) is 0 Å². The van der Waals surface area contributed by atoms with Gasteiger partial charge in [-0.3, -0.25) is 0 Å². The van der Waals surface area contributed by atoms with Gasteiger partial charge in [-0.1, -0.05) is 20.8 Å². The summed E-state index contributed by atoms with van der Waals surface area (Å²) in [6.07, 6.45) is 3.05. The first-order chi connectivity index (χ1) is 5.11. The third-order valence-corrected chi connectivity index (χ3v) is 2.90. The summed E-state index contributed by atoms with van der Waals surface area (Å²) in [6.45, 7) is 6.85. The van der Waals surface area contributed by atoms with Crippen LogP contribution in [0.25, 0.3) is 0 Å². The number of hydrogen-bond donors (Lipinski definition) is 0. The second kappa shape index (κ2) is 3.62. The molecule has 0 radical (unpaired) electrons. The van der Waals surface area contributed by atoms with Crippen LogP contribution in [0.3, 0.4) is 0 Å². The van der Waals surface area contributed by atoms with Crippen molar-refractivity contribution in [3.8, 4) is 0 Å². The lowest BCUT2D eigenvalue weighted by molar-refractivity contribution is 0.0356. The molecule has 0 aromatic rings. The van der Waals surface area contributed by atoms with Crippen molar-refractivity contribution < 1.29 is 4.74 Å². The third-order valence-electron chi connectivity index (χ3n) is 2.90. The van der Waals surface area contributed by atoms with Crippen LogP contribution in [0, 0.1) is 11.8 Å². The fourth-order valence-corrected chi connectivity index (χ4v) is 1.65. The highest BCUT2D eigenvalue weighted by Gasteiger charge is 2.27. The highest BCUT2D eigenvalue weighted by Crippen LogP contribution is 2.27.